The van der Waals surface area contributed by atoms with E-state index in [1.54, 1.807) is 0 Å². The number of carbonyl (C=O) groups is 2. The number of hydrogen-bond acceptors (Lipinski definition) is 5. The predicted octanol–water partition coefficient (Wildman–Crippen LogP) is 0.683. The number of benzene rings is 1. The van der Waals surface area contributed by atoms with Gasteiger partial charge in [-0.2, -0.15) is 5.10 Å². The summed E-state index contributed by atoms with van der Waals surface area (Å²) in [7, 11) is 0. The van der Waals surface area contributed by atoms with Crippen LogP contribution in [0.2, 0.25) is 0 Å². The van der Waals surface area contributed by atoms with Crippen LogP contribution < -0.4 is 16.4 Å². The molecule has 29 heavy (non-hydrogen) atoms. The molecule has 0 saturated carbocycles. The number of nitrogens with one attached hydrogen (secondary N) is 3. The Balaban J connectivity index is 1.35. The van der Waals surface area contributed by atoms with Crippen LogP contribution in [0.1, 0.15) is 45.7 Å². The maximum atomic E-state index is 12.6. The monoisotopic (exact) mass is 396 g/mol. The van der Waals surface area contributed by atoms with Crippen molar-refractivity contribution < 1.29 is 9.59 Å². The molecule has 1 fully saturated rings. The summed E-state index contributed by atoms with van der Waals surface area (Å²) in [6, 6.07) is 8.20. The van der Waals surface area contributed by atoms with Crippen LogP contribution in [-0.4, -0.2) is 46.5 Å². The summed E-state index contributed by atoms with van der Waals surface area (Å²) in [4.78, 5) is 26.3. The van der Waals surface area contributed by atoms with E-state index in [1.807, 2.05) is 12.1 Å². The molecule has 0 bridgehead atoms. The number of nitrogens with two attached hydrogens (primary N) is 1. The molecule has 5 N–H and O–H groups in total. The number of carbonyl (C=O) groups excluding carboxylic acids is 2. The number of aromatic amines is 1. The van der Waals surface area contributed by atoms with Crippen molar-refractivity contribution in [2.45, 2.75) is 38.9 Å². The summed E-state index contributed by atoms with van der Waals surface area (Å²) >= 11 is 0. The highest BCUT2D eigenvalue weighted by Crippen LogP contribution is 2.19. The van der Waals surface area contributed by atoms with Crippen molar-refractivity contribution in [2.75, 3.05) is 19.6 Å². The van der Waals surface area contributed by atoms with Crippen LogP contribution >= 0.6 is 0 Å². The lowest BCUT2D eigenvalue weighted by atomic mass is 9.97. The molecule has 2 aliphatic rings. The summed E-state index contributed by atoms with van der Waals surface area (Å²) in [6.45, 7) is 4.50. The molecule has 2 aliphatic heterocycles. The van der Waals surface area contributed by atoms with Gasteiger partial charge in [-0.1, -0.05) is 24.3 Å². The first-order valence-corrected chi connectivity index (χ1v) is 10.2. The van der Waals surface area contributed by atoms with Gasteiger partial charge in [-0.3, -0.25) is 19.6 Å². The van der Waals surface area contributed by atoms with Gasteiger partial charge in [-0.25, -0.2) is 0 Å². The number of aromatic nitrogens is 2. The SMILES string of the molecule is NC(=O)C1CCCN(Cc2cccc(CNC(=O)c3n[nH]c4c3CNCC4)c2)C1. The van der Waals surface area contributed by atoms with E-state index in [-0.39, 0.29) is 17.7 Å². The second kappa shape index (κ2) is 8.75. The normalized spacial score (nSPS) is 19.5. The molecular formula is C21H28N6O2. The average Bonchev–Trinajstić information content (AvgIpc) is 3.17. The van der Waals surface area contributed by atoms with Gasteiger partial charge in [0.1, 0.15) is 0 Å². The van der Waals surface area contributed by atoms with Crippen molar-refractivity contribution >= 4 is 11.8 Å². The van der Waals surface area contributed by atoms with E-state index >= 15 is 0 Å². The van der Waals surface area contributed by atoms with E-state index in [0.717, 1.165) is 55.7 Å². The number of nitrogens with zero attached hydrogens (tertiary/aromatic N) is 2. The highest BCUT2D eigenvalue weighted by atomic mass is 16.2. The van der Waals surface area contributed by atoms with Gasteiger partial charge in [-0.15, -0.1) is 0 Å². The molecule has 1 aromatic carbocycles. The van der Waals surface area contributed by atoms with Gasteiger partial charge in [0.05, 0.1) is 5.92 Å². The zero-order valence-electron chi connectivity index (χ0n) is 16.5. The molecule has 1 unspecified atom stereocenters. The van der Waals surface area contributed by atoms with E-state index in [4.69, 9.17) is 5.73 Å². The number of fused-ring (bicyclic) bond motifs is 1. The molecule has 8 heteroatoms. The zero-order chi connectivity index (χ0) is 20.2. The lowest BCUT2D eigenvalue weighted by molar-refractivity contribution is -0.123. The minimum Gasteiger partial charge on any atom is -0.369 e. The van der Waals surface area contributed by atoms with Crippen molar-refractivity contribution in [2.24, 2.45) is 11.7 Å². The molecule has 0 spiro atoms. The van der Waals surface area contributed by atoms with Crippen molar-refractivity contribution in [1.82, 2.24) is 25.7 Å². The number of piperidine rings is 1. The molecule has 2 aromatic rings. The lowest BCUT2D eigenvalue weighted by Gasteiger charge is -2.31. The number of H-pyrrole nitrogens is 1. The minimum absolute atomic E-state index is 0.0551. The fourth-order valence-corrected chi connectivity index (χ4v) is 4.21. The van der Waals surface area contributed by atoms with E-state index in [1.165, 1.54) is 5.56 Å². The van der Waals surface area contributed by atoms with E-state index in [2.05, 4.69) is 37.9 Å². The van der Waals surface area contributed by atoms with E-state index < -0.39 is 0 Å². The highest BCUT2D eigenvalue weighted by Gasteiger charge is 2.24. The first-order valence-electron chi connectivity index (χ1n) is 10.2. The van der Waals surface area contributed by atoms with Gasteiger partial charge in [0.15, 0.2) is 5.69 Å². The predicted molar refractivity (Wildman–Crippen MR) is 109 cm³/mol. The van der Waals surface area contributed by atoms with Crippen molar-refractivity contribution in [3.05, 3.63) is 52.3 Å². The van der Waals surface area contributed by atoms with Gasteiger partial charge in [-0.05, 0) is 30.5 Å². The summed E-state index contributed by atoms with van der Waals surface area (Å²) < 4.78 is 0. The molecule has 2 amide bonds. The quantitative estimate of drug-likeness (QED) is 0.573. The summed E-state index contributed by atoms with van der Waals surface area (Å²) in [5.41, 5.74) is 10.2. The molecule has 1 aromatic heterocycles. The maximum absolute atomic E-state index is 12.6. The Morgan fingerprint density at radius 3 is 3.03 bits per heavy atom. The smallest absolute Gasteiger partial charge is 0.272 e. The third-order valence-electron chi connectivity index (χ3n) is 5.78. The van der Waals surface area contributed by atoms with Gasteiger partial charge >= 0.3 is 0 Å². The zero-order valence-corrected chi connectivity index (χ0v) is 16.5. The second-order valence-corrected chi connectivity index (χ2v) is 7.94. The van der Waals surface area contributed by atoms with Gasteiger partial charge in [0, 0.05) is 50.4 Å². The number of likely N-dealkylation sites (tertiary alicyclic amines) is 1. The van der Waals surface area contributed by atoms with E-state index in [9.17, 15) is 9.59 Å². The van der Waals surface area contributed by atoms with Crippen molar-refractivity contribution in [3.8, 4) is 0 Å². The number of primary amides is 1. The fraction of sp³-hybridized carbons (Fsp3) is 0.476. The third-order valence-corrected chi connectivity index (χ3v) is 5.78. The number of amides is 2. The molecular weight excluding hydrogens is 368 g/mol. The topological polar surface area (TPSA) is 116 Å². The molecule has 8 nitrogen and oxygen atoms in total. The molecule has 0 radical (unpaired) electrons. The molecule has 0 aliphatic carbocycles. The first-order chi connectivity index (χ1) is 14.1. The number of rotatable bonds is 6. The third kappa shape index (κ3) is 4.65. The van der Waals surface area contributed by atoms with Gasteiger partial charge in [0.2, 0.25) is 5.91 Å². The summed E-state index contributed by atoms with van der Waals surface area (Å²) in [5.74, 6) is -0.417. The van der Waals surface area contributed by atoms with Gasteiger partial charge < -0.3 is 16.4 Å². The Morgan fingerprint density at radius 2 is 2.17 bits per heavy atom. The first kappa shape index (κ1) is 19.6. The van der Waals surface area contributed by atoms with Crippen LogP contribution in [0.15, 0.2) is 24.3 Å². The Kier molecular flexibility index (Phi) is 5.92. The largest absolute Gasteiger partial charge is 0.369 e. The number of hydrogen-bond donors (Lipinski definition) is 4. The highest BCUT2D eigenvalue weighted by molar-refractivity contribution is 5.94. The maximum Gasteiger partial charge on any atom is 0.272 e. The molecule has 154 valence electrons. The van der Waals surface area contributed by atoms with Crippen LogP contribution in [0.3, 0.4) is 0 Å². The van der Waals surface area contributed by atoms with Crippen LogP contribution in [0.4, 0.5) is 0 Å². The van der Waals surface area contributed by atoms with Crippen LogP contribution in [0.5, 0.6) is 0 Å². The average molecular weight is 396 g/mol. The van der Waals surface area contributed by atoms with E-state index in [0.29, 0.717) is 25.3 Å². The lowest BCUT2D eigenvalue weighted by Crippen LogP contribution is -2.40. The Hall–Kier alpha value is -2.71. The molecule has 1 atom stereocenters. The summed E-state index contributed by atoms with van der Waals surface area (Å²) in [6.07, 6.45) is 2.74. The van der Waals surface area contributed by atoms with Crippen molar-refractivity contribution in [3.63, 3.8) is 0 Å². The molecule has 3 heterocycles. The van der Waals surface area contributed by atoms with Crippen LogP contribution in [0, 0.1) is 5.92 Å². The summed E-state index contributed by atoms with van der Waals surface area (Å²) in [5, 5.41) is 13.4. The Labute approximate surface area is 170 Å². The molecule has 1 saturated heterocycles. The van der Waals surface area contributed by atoms with Crippen LogP contribution in [-0.2, 0) is 30.8 Å². The van der Waals surface area contributed by atoms with Crippen molar-refractivity contribution in [1.29, 1.82) is 0 Å². The Morgan fingerprint density at radius 1 is 1.31 bits per heavy atom. The fourth-order valence-electron chi connectivity index (χ4n) is 4.21. The minimum atomic E-state index is -0.207. The standard InChI is InChI=1S/C21H28N6O2/c22-20(28)16-5-2-8-27(13-16)12-15-4-1-3-14(9-15)10-24-21(29)19-17-11-23-7-6-18(17)25-26-19/h1,3-4,9,16,23H,2,5-8,10-13H2,(H2,22,28)(H,24,29)(H,25,26). The Bertz CT molecular complexity index is 893. The van der Waals surface area contributed by atoms with Gasteiger partial charge in [0.25, 0.3) is 5.91 Å². The second-order valence-electron chi connectivity index (χ2n) is 7.94. The molecule has 4 rings (SSSR count). The van der Waals surface area contributed by atoms with Crippen LogP contribution in [0.25, 0.3) is 0 Å².